The molecule has 0 bridgehead atoms. The quantitative estimate of drug-likeness (QED) is 0.558. The number of hydrogen-bond acceptors (Lipinski definition) is 4. The Morgan fingerprint density at radius 1 is 1.03 bits per heavy atom. The van der Waals surface area contributed by atoms with Crippen molar-refractivity contribution in [2.45, 2.75) is 24.3 Å². The van der Waals surface area contributed by atoms with E-state index in [1.54, 1.807) is 37.3 Å². The van der Waals surface area contributed by atoms with Crippen LogP contribution in [-0.2, 0) is 21.2 Å². The molecule has 162 valence electrons. The Hall–Kier alpha value is -3.23. The van der Waals surface area contributed by atoms with Crippen LogP contribution in [0.5, 0.6) is 5.75 Å². The van der Waals surface area contributed by atoms with E-state index in [0.29, 0.717) is 11.3 Å². The highest BCUT2D eigenvalue weighted by molar-refractivity contribution is 7.89. The van der Waals surface area contributed by atoms with Crippen LogP contribution >= 0.6 is 0 Å². The van der Waals surface area contributed by atoms with E-state index < -0.39 is 27.8 Å². The number of carbonyl (C=O) groups is 1. The lowest BCUT2D eigenvalue weighted by Gasteiger charge is -2.19. The van der Waals surface area contributed by atoms with Crippen LogP contribution in [0.1, 0.15) is 11.1 Å². The van der Waals surface area contributed by atoms with Gasteiger partial charge in [0.25, 0.3) is 0 Å². The van der Waals surface area contributed by atoms with E-state index in [-0.39, 0.29) is 17.0 Å². The summed E-state index contributed by atoms with van der Waals surface area (Å²) in [7, 11) is -2.51. The molecule has 3 aromatic rings. The van der Waals surface area contributed by atoms with Crippen molar-refractivity contribution in [3.8, 4) is 5.75 Å². The molecule has 0 aliphatic heterocycles. The second kappa shape index (κ2) is 9.72. The molecule has 0 spiro atoms. The molecule has 3 rings (SSSR count). The molecule has 0 radical (unpaired) electrons. The zero-order chi connectivity index (χ0) is 22.4. The van der Waals surface area contributed by atoms with Gasteiger partial charge in [0.05, 0.1) is 12.0 Å². The summed E-state index contributed by atoms with van der Waals surface area (Å²) in [5.41, 5.74) is 1.66. The minimum absolute atomic E-state index is 0.0161. The number of amides is 1. The molecule has 31 heavy (non-hydrogen) atoms. The van der Waals surface area contributed by atoms with Crippen molar-refractivity contribution >= 4 is 21.6 Å². The van der Waals surface area contributed by atoms with Crippen molar-refractivity contribution in [3.05, 3.63) is 89.7 Å². The van der Waals surface area contributed by atoms with Crippen LogP contribution in [0.25, 0.3) is 0 Å². The second-order valence-electron chi connectivity index (χ2n) is 6.99. The van der Waals surface area contributed by atoms with Crippen molar-refractivity contribution in [1.29, 1.82) is 0 Å². The summed E-state index contributed by atoms with van der Waals surface area (Å²) in [6.07, 6.45) is 0.121. The van der Waals surface area contributed by atoms with Gasteiger partial charge in [-0.3, -0.25) is 4.79 Å². The van der Waals surface area contributed by atoms with Crippen LogP contribution < -0.4 is 14.8 Å². The van der Waals surface area contributed by atoms with Gasteiger partial charge in [0.15, 0.2) is 0 Å². The van der Waals surface area contributed by atoms with Crippen molar-refractivity contribution in [1.82, 2.24) is 4.72 Å². The minimum atomic E-state index is -4.01. The molecule has 0 saturated carbocycles. The summed E-state index contributed by atoms with van der Waals surface area (Å²) >= 11 is 0. The topological polar surface area (TPSA) is 84.5 Å². The number of anilines is 1. The predicted molar refractivity (Wildman–Crippen MR) is 117 cm³/mol. The molecule has 3 aromatic carbocycles. The zero-order valence-corrected chi connectivity index (χ0v) is 17.9. The normalized spacial score (nSPS) is 12.2. The number of hydrogen-bond donors (Lipinski definition) is 2. The summed E-state index contributed by atoms with van der Waals surface area (Å²) in [6.45, 7) is 1.73. The van der Waals surface area contributed by atoms with E-state index in [4.69, 9.17) is 4.74 Å². The van der Waals surface area contributed by atoms with Gasteiger partial charge < -0.3 is 10.1 Å². The van der Waals surface area contributed by atoms with Crippen molar-refractivity contribution in [2.24, 2.45) is 0 Å². The van der Waals surface area contributed by atoms with Gasteiger partial charge in [-0.05, 0) is 60.9 Å². The Balaban J connectivity index is 1.88. The van der Waals surface area contributed by atoms with Gasteiger partial charge in [-0.2, -0.15) is 4.72 Å². The van der Waals surface area contributed by atoms with Crippen LogP contribution in [0.15, 0.2) is 77.7 Å². The van der Waals surface area contributed by atoms with E-state index in [9.17, 15) is 17.6 Å². The van der Waals surface area contributed by atoms with Gasteiger partial charge in [0.2, 0.25) is 15.9 Å². The lowest BCUT2D eigenvalue weighted by molar-refractivity contribution is -0.117. The number of ether oxygens (including phenoxy) is 1. The maximum atomic E-state index is 13.5. The SMILES string of the molecule is COc1ccc(S(=O)(=O)N[C@H](Cc2ccccc2)C(=O)Nc2cccc(F)c2)cc1C. The molecule has 0 aliphatic rings. The smallest absolute Gasteiger partial charge is 0.242 e. The number of carbonyl (C=O) groups excluding carboxylic acids is 1. The van der Waals surface area contributed by atoms with Crippen molar-refractivity contribution in [2.75, 3.05) is 12.4 Å². The van der Waals surface area contributed by atoms with E-state index in [0.717, 1.165) is 5.56 Å². The largest absolute Gasteiger partial charge is 0.496 e. The van der Waals surface area contributed by atoms with Gasteiger partial charge >= 0.3 is 0 Å². The van der Waals surface area contributed by atoms with Gasteiger partial charge in [-0.15, -0.1) is 0 Å². The van der Waals surface area contributed by atoms with Crippen LogP contribution in [0.4, 0.5) is 10.1 Å². The molecule has 0 saturated heterocycles. The lowest BCUT2D eigenvalue weighted by Crippen LogP contribution is -2.45. The predicted octanol–water partition coefficient (Wildman–Crippen LogP) is 3.67. The van der Waals surface area contributed by atoms with Crippen LogP contribution in [0.2, 0.25) is 0 Å². The average molecular weight is 443 g/mol. The fourth-order valence-electron chi connectivity index (χ4n) is 3.11. The number of benzene rings is 3. The van der Waals surface area contributed by atoms with E-state index in [1.807, 2.05) is 6.07 Å². The summed E-state index contributed by atoms with van der Waals surface area (Å²) in [6, 6.07) is 17.8. The molecule has 1 atom stereocenters. The van der Waals surface area contributed by atoms with Crippen LogP contribution in [0.3, 0.4) is 0 Å². The third kappa shape index (κ3) is 5.90. The highest BCUT2D eigenvalue weighted by Crippen LogP contribution is 2.22. The molecular weight excluding hydrogens is 419 g/mol. The molecule has 0 fully saturated rings. The van der Waals surface area contributed by atoms with Gasteiger partial charge in [0.1, 0.15) is 17.6 Å². The number of sulfonamides is 1. The Morgan fingerprint density at radius 2 is 1.77 bits per heavy atom. The van der Waals surface area contributed by atoms with Gasteiger partial charge in [0, 0.05) is 5.69 Å². The fraction of sp³-hybridized carbons (Fsp3) is 0.174. The van der Waals surface area contributed by atoms with Crippen LogP contribution in [0, 0.1) is 12.7 Å². The monoisotopic (exact) mass is 442 g/mol. The second-order valence-corrected chi connectivity index (χ2v) is 8.71. The Bertz CT molecular complexity index is 1170. The molecule has 1 amide bonds. The Kier molecular flexibility index (Phi) is 7.04. The third-order valence-electron chi connectivity index (χ3n) is 4.67. The number of nitrogens with one attached hydrogen (secondary N) is 2. The standard InChI is InChI=1S/C23H23FN2O4S/c1-16-13-20(11-12-22(16)30-2)31(28,29)26-21(14-17-7-4-3-5-8-17)23(27)25-19-10-6-9-18(24)15-19/h3-13,15,21,26H,14H2,1-2H3,(H,25,27)/t21-/m1/s1. The van der Waals surface area contributed by atoms with Crippen molar-refractivity contribution in [3.63, 3.8) is 0 Å². The number of methoxy groups -OCH3 is 1. The maximum Gasteiger partial charge on any atom is 0.242 e. The van der Waals surface area contributed by atoms with Crippen molar-refractivity contribution < 1.29 is 22.3 Å². The first-order valence-electron chi connectivity index (χ1n) is 9.56. The van der Waals surface area contributed by atoms with E-state index in [1.165, 1.54) is 43.5 Å². The molecule has 0 heterocycles. The highest BCUT2D eigenvalue weighted by atomic mass is 32.2. The Labute approximate surface area is 181 Å². The number of halogens is 1. The Morgan fingerprint density at radius 3 is 2.42 bits per heavy atom. The lowest BCUT2D eigenvalue weighted by atomic mass is 10.1. The van der Waals surface area contributed by atoms with E-state index in [2.05, 4.69) is 10.0 Å². The summed E-state index contributed by atoms with van der Waals surface area (Å²) < 4.78 is 47.2. The first-order valence-corrected chi connectivity index (χ1v) is 11.0. The molecule has 0 aromatic heterocycles. The zero-order valence-electron chi connectivity index (χ0n) is 17.1. The fourth-order valence-corrected chi connectivity index (χ4v) is 4.39. The molecule has 8 heteroatoms. The van der Waals surface area contributed by atoms with Crippen LogP contribution in [-0.4, -0.2) is 27.5 Å². The van der Waals surface area contributed by atoms with Gasteiger partial charge in [-0.1, -0.05) is 36.4 Å². The first kappa shape index (κ1) is 22.5. The average Bonchev–Trinajstić information content (AvgIpc) is 2.74. The number of aryl methyl sites for hydroxylation is 1. The highest BCUT2D eigenvalue weighted by Gasteiger charge is 2.26. The third-order valence-corrected chi connectivity index (χ3v) is 6.13. The number of rotatable bonds is 8. The molecule has 2 N–H and O–H groups in total. The minimum Gasteiger partial charge on any atom is -0.496 e. The summed E-state index contributed by atoms with van der Waals surface area (Å²) in [4.78, 5) is 12.9. The summed E-state index contributed by atoms with van der Waals surface area (Å²) in [5, 5.41) is 2.58. The molecule has 0 unspecified atom stereocenters. The molecular formula is C23H23FN2O4S. The first-order chi connectivity index (χ1) is 14.8. The summed E-state index contributed by atoms with van der Waals surface area (Å²) in [5.74, 6) is -0.543. The van der Waals surface area contributed by atoms with E-state index >= 15 is 0 Å². The maximum absolute atomic E-state index is 13.5. The van der Waals surface area contributed by atoms with Gasteiger partial charge in [-0.25, -0.2) is 12.8 Å². The molecule has 6 nitrogen and oxygen atoms in total. The molecule has 0 aliphatic carbocycles.